The van der Waals surface area contributed by atoms with Crippen molar-refractivity contribution < 1.29 is 15.0 Å². The van der Waals surface area contributed by atoms with Gasteiger partial charge in [0, 0.05) is 0 Å². The molecule has 0 fully saturated rings. The lowest BCUT2D eigenvalue weighted by Gasteiger charge is -2.23. The van der Waals surface area contributed by atoms with E-state index < -0.39 is 5.97 Å². The molecule has 0 aliphatic heterocycles. The maximum atomic E-state index is 10.8. The molecule has 2 N–H and O–H groups in total. The molecule has 0 aliphatic rings. The molecule has 0 saturated carbocycles. The van der Waals surface area contributed by atoms with Gasteiger partial charge in [0.25, 0.3) is 0 Å². The largest absolute Gasteiger partial charge is 0.507 e. The van der Waals surface area contributed by atoms with Crippen molar-refractivity contribution in [1.82, 2.24) is 0 Å². The summed E-state index contributed by atoms with van der Waals surface area (Å²) in [6.45, 7) is 6.14. The number of aromatic carboxylic acids is 1. The van der Waals surface area contributed by atoms with Crippen molar-refractivity contribution in [3.63, 3.8) is 0 Å². The van der Waals surface area contributed by atoms with Crippen LogP contribution in [0.3, 0.4) is 0 Å². The van der Waals surface area contributed by atoms with E-state index in [0.29, 0.717) is 0 Å². The number of rotatable bonds is 3. The molecule has 1 aromatic rings. The maximum absolute atomic E-state index is 10.8. The molecule has 0 spiro atoms. The van der Waals surface area contributed by atoms with Crippen LogP contribution in [0.5, 0.6) is 5.75 Å². The van der Waals surface area contributed by atoms with Crippen LogP contribution in [-0.4, -0.2) is 16.2 Å². The summed E-state index contributed by atoms with van der Waals surface area (Å²) in [5.74, 6) is -1.28. The van der Waals surface area contributed by atoms with Crippen LogP contribution in [0, 0.1) is 0 Å². The van der Waals surface area contributed by atoms with Crippen LogP contribution < -0.4 is 0 Å². The first-order valence-corrected chi connectivity index (χ1v) is 4.95. The lowest BCUT2D eigenvalue weighted by molar-refractivity contribution is 0.0693. The predicted octanol–water partition coefficient (Wildman–Crippen LogP) is 2.78. The maximum Gasteiger partial charge on any atom is 0.339 e. The van der Waals surface area contributed by atoms with Gasteiger partial charge in [-0.3, -0.25) is 0 Å². The number of aromatic hydroxyl groups is 1. The Balaban J connectivity index is 3.25. The first-order valence-electron chi connectivity index (χ1n) is 4.95. The average molecular weight is 208 g/mol. The van der Waals surface area contributed by atoms with E-state index in [0.717, 1.165) is 12.0 Å². The Labute approximate surface area is 89.4 Å². The molecule has 0 aliphatic carbocycles. The minimum absolute atomic E-state index is 0.0333. The van der Waals surface area contributed by atoms with E-state index in [1.165, 1.54) is 6.07 Å². The quantitative estimate of drug-likeness (QED) is 0.803. The standard InChI is InChI=1S/C12H16O3/c1-4-12(2,3)8-5-6-10(13)9(7-8)11(14)15/h5-7,13H,4H2,1-3H3,(H,14,15). The normalized spacial score (nSPS) is 11.4. The van der Waals surface area contributed by atoms with Gasteiger partial charge in [-0.2, -0.15) is 0 Å². The summed E-state index contributed by atoms with van der Waals surface area (Å²) in [6, 6.07) is 4.75. The number of benzene rings is 1. The minimum Gasteiger partial charge on any atom is -0.507 e. The van der Waals surface area contributed by atoms with Crippen LogP contribution in [0.2, 0.25) is 0 Å². The average Bonchev–Trinajstić information content (AvgIpc) is 2.17. The summed E-state index contributed by atoms with van der Waals surface area (Å²) < 4.78 is 0. The minimum atomic E-state index is -1.10. The van der Waals surface area contributed by atoms with E-state index in [1.807, 2.05) is 20.8 Å². The second kappa shape index (κ2) is 3.93. The molecular weight excluding hydrogens is 192 g/mol. The Kier molecular flexibility index (Phi) is 3.03. The fraction of sp³-hybridized carbons (Fsp3) is 0.417. The monoisotopic (exact) mass is 208 g/mol. The van der Waals surface area contributed by atoms with Crippen molar-refractivity contribution in [2.75, 3.05) is 0 Å². The lowest BCUT2D eigenvalue weighted by atomic mass is 9.81. The highest BCUT2D eigenvalue weighted by atomic mass is 16.4. The number of hydrogen-bond acceptors (Lipinski definition) is 2. The van der Waals surface area contributed by atoms with Gasteiger partial charge in [-0.05, 0) is 29.5 Å². The molecule has 1 aromatic carbocycles. The molecule has 0 aromatic heterocycles. The Morgan fingerprint density at radius 2 is 2.00 bits per heavy atom. The Morgan fingerprint density at radius 1 is 1.40 bits per heavy atom. The molecule has 1 rings (SSSR count). The zero-order chi connectivity index (χ0) is 11.6. The Hall–Kier alpha value is -1.51. The van der Waals surface area contributed by atoms with E-state index in [2.05, 4.69) is 0 Å². The van der Waals surface area contributed by atoms with Crippen LogP contribution in [0.4, 0.5) is 0 Å². The van der Waals surface area contributed by atoms with Crippen LogP contribution in [0.25, 0.3) is 0 Å². The molecule has 15 heavy (non-hydrogen) atoms. The SMILES string of the molecule is CCC(C)(C)c1ccc(O)c(C(=O)O)c1. The number of carboxylic acid groups (broad SMARTS) is 1. The molecule has 3 nitrogen and oxygen atoms in total. The third-order valence-electron chi connectivity index (χ3n) is 2.89. The fourth-order valence-electron chi connectivity index (χ4n) is 1.33. The van der Waals surface area contributed by atoms with E-state index in [-0.39, 0.29) is 16.7 Å². The van der Waals surface area contributed by atoms with Crippen LogP contribution in [0.1, 0.15) is 43.1 Å². The number of carbonyl (C=O) groups is 1. The van der Waals surface area contributed by atoms with Crippen molar-refractivity contribution in [2.45, 2.75) is 32.6 Å². The highest BCUT2D eigenvalue weighted by Crippen LogP contribution is 2.30. The van der Waals surface area contributed by atoms with Crippen molar-refractivity contribution in [3.8, 4) is 5.75 Å². The van der Waals surface area contributed by atoms with Crippen LogP contribution in [-0.2, 0) is 5.41 Å². The molecular formula is C12H16O3. The van der Waals surface area contributed by atoms with E-state index in [4.69, 9.17) is 5.11 Å². The Bertz CT molecular complexity index is 380. The van der Waals surface area contributed by atoms with Gasteiger partial charge in [-0.15, -0.1) is 0 Å². The van der Waals surface area contributed by atoms with E-state index in [1.54, 1.807) is 12.1 Å². The van der Waals surface area contributed by atoms with Crippen molar-refractivity contribution in [1.29, 1.82) is 0 Å². The zero-order valence-corrected chi connectivity index (χ0v) is 9.24. The second-order valence-corrected chi connectivity index (χ2v) is 4.27. The van der Waals surface area contributed by atoms with Gasteiger partial charge >= 0.3 is 5.97 Å². The van der Waals surface area contributed by atoms with E-state index in [9.17, 15) is 9.90 Å². The van der Waals surface area contributed by atoms with Crippen molar-refractivity contribution in [2.24, 2.45) is 0 Å². The second-order valence-electron chi connectivity index (χ2n) is 4.27. The van der Waals surface area contributed by atoms with Gasteiger partial charge in [-0.1, -0.05) is 26.8 Å². The first-order chi connectivity index (χ1) is 6.88. The summed E-state index contributed by atoms with van der Waals surface area (Å²) in [7, 11) is 0. The van der Waals surface area contributed by atoms with Gasteiger partial charge in [0.1, 0.15) is 11.3 Å². The highest BCUT2D eigenvalue weighted by molar-refractivity contribution is 5.91. The summed E-state index contributed by atoms with van der Waals surface area (Å²) in [4.78, 5) is 10.8. The lowest BCUT2D eigenvalue weighted by Crippen LogP contribution is -2.16. The number of carboxylic acids is 1. The molecule has 82 valence electrons. The third kappa shape index (κ3) is 2.29. The van der Waals surface area contributed by atoms with Gasteiger partial charge < -0.3 is 10.2 Å². The summed E-state index contributed by atoms with van der Waals surface area (Å²) in [5, 5.41) is 18.2. The molecule has 0 bridgehead atoms. The fourth-order valence-corrected chi connectivity index (χ4v) is 1.33. The predicted molar refractivity (Wildman–Crippen MR) is 58.4 cm³/mol. The molecule has 0 unspecified atom stereocenters. The molecule has 0 atom stereocenters. The summed E-state index contributed by atoms with van der Waals surface area (Å²) in [6.07, 6.45) is 0.914. The molecule has 0 saturated heterocycles. The van der Waals surface area contributed by atoms with Crippen molar-refractivity contribution >= 4 is 5.97 Å². The van der Waals surface area contributed by atoms with Gasteiger partial charge in [0.2, 0.25) is 0 Å². The van der Waals surface area contributed by atoms with Crippen molar-refractivity contribution in [3.05, 3.63) is 29.3 Å². The number of hydrogen-bond donors (Lipinski definition) is 2. The molecule has 0 heterocycles. The third-order valence-corrected chi connectivity index (χ3v) is 2.89. The van der Waals surface area contributed by atoms with Crippen LogP contribution >= 0.6 is 0 Å². The van der Waals surface area contributed by atoms with Gasteiger partial charge in [0.05, 0.1) is 0 Å². The smallest absolute Gasteiger partial charge is 0.339 e. The topological polar surface area (TPSA) is 57.5 Å². The van der Waals surface area contributed by atoms with Gasteiger partial charge in [0.15, 0.2) is 0 Å². The summed E-state index contributed by atoms with van der Waals surface area (Å²) in [5.41, 5.74) is 0.826. The molecule has 0 amide bonds. The van der Waals surface area contributed by atoms with E-state index >= 15 is 0 Å². The van der Waals surface area contributed by atoms with Crippen LogP contribution in [0.15, 0.2) is 18.2 Å². The number of phenols is 1. The molecule has 3 heteroatoms. The molecule has 0 radical (unpaired) electrons. The Morgan fingerprint density at radius 3 is 2.47 bits per heavy atom. The highest BCUT2D eigenvalue weighted by Gasteiger charge is 2.20. The zero-order valence-electron chi connectivity index (χ0n) is 9.24. The summed E-state index contributed by atoms with van der Waals surface area (Å²) >= 11 is 0. The first kappa shape index (κ1) is 11.6. The van der Waals surface area contributed by atoms with Gasteiger partial charge in [-0.25, -0.2) is 4.79 Å².